The maximum absolute atomic E-state index is 11.8. The number of benzene rings is 1. The van der Waals surface area contributed by atoms with Gasteiger partial charge < -0.3 is 10.1 Å². The third-order valence-corrected chi connectivity index (χ3v) is 3.44. The Morgan fingerprint density at radius 2 is 2.11 bits per heavy atom. The molecule has 0 aromatic heterocycles. The predicted molar refractivity (Wildman–Crippen MR) is 77.1 cm³/mol. The second-order valence-corrected chi connectivity index (χ2v) is 5.02. The van der Waals surface area contributed by atoms with Gasteiger partial charge in [-0.1, -0.05) is 30.3 Å². The van der Waals surface area contributed by atoms with Crippen molar-refractivity contribution < 1.29 is 9.53 Å². The van der Waals surface area contributed by atoms with Crippen LogP contribution in [0.2, 0.25) is 0 Å². The molecule has 18 heavy (non-hydrogen) atoms. The van der Waals surface area contributed by atoms with Crippen LogP contribution in [0.4, 0.5) is 0 Å². The quantitative estimate of drug-likeness (QED) is 0.579. The van der Waals surface area contributed by atoms with E-state index in [0.29, 0.717) is 6.54 Å². The van der Waals surface area contributed by atoms with Gasteiger partial charge in [0.1, 0.15) is 0 Å². The molecule has 1 rings (SSSR count). The van der Waals surface area contributed by atoms with Crippen molar-refractivity contribution in [2.75, 3.05) is 32.2 Å². The molecule has 1 unspecified atom stereocenters. The molecular formula is C14H21NO2S. The van der Waals surface area contributed by atoms with Crippen LogP contribution in [-0.2, 0) is 9.53 Å². The number of carbonyl (C=O) groups excluding carboxylic acids is 1. The van der Waals surface area contributed by atoms with Crippen LogP contribution in [-0.4, -0.2) is 38.2 Å². The third kappa shape index (κ3) is 5.10. The minimum absolute atomic E-state index is 0.182. The monoisotopic (exact) mass is 267 g/mol. The molecule has 1 aromatic carbocycles. The van der Waals surface area contributed by atoms with Gasteiger partial charge in [0.2, 0.25) is 0 Å². The third-order valence-electron chi connectivity index (χ3n) is 2.74. The maximum atomic E-state index is 11.8. The lowest BCUT2D eigenvalue weighted by Gasteiger charge is -2.15. The second-order valence-electron chi connectivity index (χ2n) is 4.04. The first-order chi connectivity index (χ1) is 8.79. The topological polar surface area (TPSA) is 38.3 Å². The smallest absolute Gasteiger partial charge is 0.314 e. The van der Waals surface area contributed by atoms with Crippen molar-refractivity contribution in [2.24, 2.45) is 0 Å². The van der Waals surface area contributed by atoms with Crippen molar-refractivity contribution in [1.29, 1.82) is 0 Å². The van der Waals surface area contributed by atoms with Gasteiger partial charge >= 0.3 is 5.97 Å². The van der Waals surface area contributed by atoms with Crippen LogP contribution < -0.4 is 5.32 Å². The van der Waals surface area contributed by atoms with Crippen molar-refractivity contribution >= 4 is 17.7 Å². The first kappa shape index (κ1) is 15.1. The van der Waals surface area contributed by atoms with Gasteiger partial charge in [-0.25, -0.2) is 0 Å². The average molecular weight is 267 g/mol. The Balaban J connectivity index is 2.50. The summed E-state index contributed by atoms with van der Waals surface area (Å²) >= 11 is 1.84. The molecular weight excluding hydrogens is 246 g/mol. The van der Waals surface area contributed by atoms with E-state index in [1.807, 2.05) is 42.1 Å². The highest BCUT2D eigenvalue weighted by molar-refractivity contribution is 7.98. The maximum Gasteiger partial charge on any atom is 0.314 e. The van der Waals surface area contributed by atoms with E-state index in [2.05, 4.69) is 11.6 Å². The van der Waals surface area contributed by atoms with Crippen LogP contribution in [0.1, 0.15) is 17.9 Å². The van der Waals surface area contributed by atoms with Gasteiger partial charge in [-0.05, 0) is 30.5 Å². The molecule has 1 N–H and O–H groups in total. The lowest BCUT2D eigenvalue weighted by molar-refractivity contribution is -0.142. The van der Waals surface area contributed by atoms with Crippen molar-refractivity contribution in [1.82, 2.24) is 5.32 Å². The highest BCUT2D eigenvalue weighted by atomic mass is 32.2. The number of hydrogen-bond donors (Lipinski definition) is 1. The molecule has 0 fully saturated rings. The Labute approximate surface area is 113 Å². The van der Waals surface area contributed by atoms with Gasteiger partial charge in [-0.3, -0.25) is 4.79 Å². The molecule has 0 saturated carbocycles. The summed E-state index contributed by atoms with van der Waals surface area (Å²) in [6, 6.07) is 9.76. The van der Waals surface area contributed by atoms with E-state index in [4.69, 9.17) is 4.74 Å². The van der Waals surface area contributed by atoms with Crippen LogP contribution in [0.15, 0.2) is 30.3 Å². The first-order valence-electron chi connectivity index (χ1n) is 6.12. The summed E-state index contributed by atoms with van der Waals surface area (Å²) in [7, 11) is 1.44. The summed E-state index contributed by atoms with van der Waals surface area (Å²) in [5.41, 5.74) is 1.00. The molecule has 0 aliphatic rings. The molecule has 0 bridgehead atoms. The largest absolute Gasteiger partial charge is 0.469 e. The van der Waals surface area contributed by atoms with Crippen LogP contribution in [0.3, 0.4) is 0 Å². The fourth-order valence-corrected chi connectivity index (χ4v) is 2.19. The molecule has 1 aromatic rings. The average Bonchev–Trinajstić information content (AvgIpc) is 2.43. The zero-order valence-corrected chi connectivity index (χ0v) is 11.8. The minimum atomic E-state index is -0.217. The summed E-state index contributed by atoms with van der Waals surface area (Å²) in [6.07, 6.45) is 3.21. The fraction of sp³-hybridized carbons (Fsp3) is 0.500. The van der Waals surface area contributed by atoms with Gasteiger partial charge in [0, 0.05) is 6.54 Å². The number of rotatable bonds is 8. The van der Waals surface area contributed by atoms with E-state index >= 15 is 0 Å². The van der Waals surface area contributed by atoms with Crippen LogP contribution >= 0.6 is 11.8 Å². The Morgan fingerprint density at radius 3 is 2.72 bits per heavy atom. The summed E-state index contributed by atoms with van der Waals surface area (Å²) in [6.45, 7) is 1.56. The molecule has 0 aliphatic heterocycles. The number of ether oxygens (including phenoxy) is 1. The van der Waals surface area contributed by atoms with Crippen molar-refractivity contribution in [3.63, 3.8) is 0 Å². The lowest BCUT2D eigenvalue weighted by atomic mass is 9.99. The highest BCUT2D eigenvalue weighted by Gasteiger charge is 2.20. The summed E-state index contributed by atoms with van der Waals surface area (Å²) in [5, 5.41) is 3.32. The molecule has 0 spiro atoms. The molecule has 0 saturated heterocycles. The summed E-state index contributed by atoms with van der Waals surface area (Å²) in [4.78, 5) is 11.8. The Hall–Kier alpha value is -1.00. The lowest BCUT2D eigenvalue weighted by Crippen LogP contribution is -2.28. The van der Waals surface area contributed by atoms with E-state index in [0.717, 1.165) is 24.3 Å². The normalized spacial score (nSPS) is 12.1. The van der Waals surface area contributed by atoms with E-state index in [9.17, 15) is 4.79 Å². The van der Waals surface area contributed by atoms with Gasteiger partial charge in [0.05, 0.1) is 13.0 Å². The van der Waals surface area contributed by atoms with E-state index in [1.54, 1.807) is 0 Å². The SMILES string of the molecule is COC(=O)C(CNCCCSC)c1ccccc1. The fourth-order valence-electron chi connectivity index (χ4n) is 1.75. The van der Waals surface area contributed by atoms with Gasteiger partial charge in [0.15, 0.2) is 0 Å². The Morgan fingerprint density at radius 1 is 1.39 bits per heavy atom. The molecule has 4 heteroatoms. The van der Waals surface area contributed by atoms with Crippen molar-refractivity contribution in [3.05, 3.63) is 35.9 Å². The standard InChI is InChI=1S/C14H21NO2S/c1-17-14(16)13(11-15-9-6-10-18-2)12-7-4-3-5-8-12/h3-5,7-8,13,15H,6,9-11H2,1-2H3. The zero-order chi connectivity index (χ0) is 13.2. The van der Waals surface area contributed by atoms with Gasteiger partial charge in [-0.2, -0.15) is 11.8 Å². The van der Waals surface area contributed by atoms with E-state index in [1.165, 1.54) is 7.11 Å². The Bertz CT molecular complexity index is 343. The van der Waals surface area contributed by atoms with Crippen LogP contribution in [0.5, 0.6) is 0 Å². The molecule has 1 atom stereocenters. The number of hydrogen-bond acceptors (Lipinski definition) is 4. The Kier molecular flexibility index (Phi) is 7.53. The number of nitrogens with one attached hydrogen (secondary N) is 1. The molecule has 0 radical (unpaired) electrons. The van der Waals surface area contributed by atoms with E-state index < -0.39 is 0 Å². The minimum Gasteiger partial charge on any atom is -0.469 e. The number of carbonyl (C=O) groups is 1. The predicted octanol–water partition coefficient (Wildman–Crippen LogP) is 2.29. The second kappa shape index (κ2) is 9.00. The number of esters is 1. The molecule has 0 amide bonds. The number of thioether (sulfide) groups is 1. The molecule has 0 aliphatic carbocycles. The van der Waals surface area contributed by atoms with Crippen LogP contribution in [0.25, 0.3) is 0 Å². The van der Waals surface area contributed by atoms with Crippen molar-refractivity contribution in [2.45, 2.75) is 12.3 Å². The molecule has 3 nitrogen and oxygen atoms in total. The van der Waals surface area contributed by atoms with Gasteiger partial charge in [0.25, 0.3) is 0 Å². The highest BCUT2D eigenvalue weighted by Crippen LogP contribution is 2.16. The van der Waals surface area contributed by atoms with Crippen molar-refractivity contribution in [3.8, 4) is 0 Å². The zero-order valence-electron chi connectivity index (χ0n) is 11.0. The van der Waals surface area contributed by atoms with E-state index in [-0.39, 0.29) is 11.9 Å². The van der Waals surface area contributed by atoms with Crippen LogP contribution in [0, 0.1) is 0 Å². The summed E-state index contributed by atoms with van der Waals surface area (Å²) < 4.78 is 4.86. The number of methoxy groups -OCH3 is 1. The molecule has 100 valence electrons. The molecule has 0 heterocycles. The first-order valence-corrected chi connectivity index (χ1v) is 7.51. The van der Waals surface area contributed by atoms with Gasteiger partial charge in [-0.15, -0.1) is 0 Å². The summed E-state index contributed by atoms with van der Waals surface area (Å²) in [5.74, 6) is 0.741.